The van der Waals surface area contributed by atoms with Gasteiger partial charge in [-0.2, -0.15) is 0 Å². The molecule has 10 heteroatoms. The lowest BCUT2D eigenvalue weighted by molar-refractivity contribution is -0.138. The summed E-state index contributed by atoms with van der Waals surface area (Å²) in [6.45, 7) is 3.74. The highest BCUT2D eigenvalue weighted by molar-refractivity contribution is 6.41. The predicted octanol–water partition coefficient (Wildman–Crippen LogP) is -2.16. The number of carboxylic acids is 1. The highest BCUT2D eigenvalue weighted by atomic mass is 16.4. The minimum atomic E-state index is -1.67. The fourth-order valence-electron chi connectivity index (χ4n) is 1.69. The summed E-state index contributed by atoms with van der Waals surface area (Å²) in [5, 5.41) is 30.9. The van der Waals surface area contributed by atoms with Crippen LogP contribution >= 0.6 is 0 Å². The van der Waals surface area contributed by atoms with Crippen molar-refractivity contribution in [2.75, 3.05) is 6.44 Å². The van der Waals surface area contributed by atoms with Crippen molar-refractivity contribution in [3.8, 4) is 0 Å². The van der Waals surface area contributed by atoms with E-state index in [0.717, 1.165) is 0 Å². The summed E-state index contributed by atoms with van der Waals surface area (Å²) in [5.74, 6) is -2.09. The molecule has 2 amide bonds. The summed E-state index contributed by atoms with van der Waals surface area (Å²) in [6.07, 6.45) is -0.123. The average Bonchev–Trinajstić information content (AvgIpc) is 2.40. The molecule has 0 saturated carbocycles. The van der Waals surface area contributed by atoms with Crippen LogP contribution in [0.1, 0.15) is 33.1 Å². The van der Waals surface area contributed by atoms with Gasteiger partial charge in [0.05, 0.1) is 6.44 Å². The topological polar surface area (TPSA) is 162 Å². The third kappa shape index (κ3) is 9.32. The average molecular weight is 317 g/mol. The standard InChI is InChI=1S/C12H24BN3O6/c1-7(2)5-9(11(18)15-6-13(21)22)16-10(17)4-3-8(14)12(19)20/h7-9,21-22H,3-6,14H2,1-2H3,(H,15,18)(H,16,17)(H,19,20)/t8-,9-/m0/s1. The minimum absolute atomic E-state index is 0.0352. The van der Waals surface area contributed by atoms with E-state index in [1.165, 1.54) is 0 Å². The molecule has 0 bridgehead atoms. The highest BCUT2D eigenvalue weighted by Gasteiger charge is 2.23. The molecule has 0 aromatic carbocycles. The Morgan fingerprint density at radius 1 is 1.23 bits per heavy atom. The largest absolute Gasteiger partial charge is 0.480 e. The van der Waals surface area contributed by atoms with Gasteiger partial charge in [0.2, 0.25) is 11.8 Å². The first-order valence-electron chi connectivity index (χ1n) is 7.05. The Morgan fingerprint density at radius 2 is 1.82 bits per heavy atom. The molecule has 0 heterocycles. The molecule has 22 heavy (non-hydrogen) atoms. The molecule has 0 aliphatic carbocycles. The first kappa shape index (κ1) is 20.4. The summed E-state index contributed by atoms with van der Waals surface area (Å²) in [4.78, 5) is 34.2. The maximum absolute atomic E-state index is 11.9. The normalized spacial score (nSPS) is 13.4. The van der Waals surface area contributed by atoms with Crippen molar-refractivity contribution >= 4 is 24.9 Å². The lowest BCUT2D eigenvalue weighted by atomic mass is 9.92. The van der Waals surface area contributed by atoms with Gasteiger partial charge in [0.15, 0.2) is 0 Å². The number of nitrogens with two attached hydrogens (primary N) is 1. The maximum atomic E-state index is 11.9. The number of carbonyl (C=O) groups is 3. The first-order chi connectivity index (χ1) is 10.1. The number of carbonyl (C=O) groups excluding carboxylic acids is 2. The number of nitrogens with one attached hydrogen (secondary N) is 2. The molecular formula is C12H24BN3O6. The maximum Gasteiger partial charge on any atom is 0.472 e. The molecule has 0 fully saturated rings. The SMILES string of the molecule is CC(C)C[C@H](NC(=O)CC[C@H](N)C(=O)O)C(=O)NCB(O)O. The van der Waals surface area contributed by atoms with Crippen molar-refractivity contribution in [1.82, 2.24) is 10.6 Å². The van der Waals surface area contributed by atoms with Gasteiger partial charge in [0, 0.05) is 6.42 Å². The van der Waals surface area contributed by atoms with Crippen molar-refractivity contribution in [3.63, 3.8) is 0 Å². The van der Waals surface area contributed by atoms with Crippen LogP contribution in [0.2, 0.25) is 0 Å². The van der Waals surface area contributed by atoms with E-state index >= 15 is 0 Å². The van der Waals surface area contributed by atoms with Crippen LogP contribution in [-0.4, -0.2) is 58.6 Å². The second kappa shape index (κ2) is 10.1. The fraction of sp³-hybridized carbons (Fsp3) is 0.750. The van der Waals surface area contributed by atoms with Crippen molar-refractivity contribution in [3.05, 3.63) is 0 Å². The Kier molecular flexibility index (Phi) is 9.38. The summed E-state index contributed by atoms with van der Waals surface area (Å²) in [7, 11) is -1.67. The first-order valence-corrected chi connectivity index (χ1v) is 7.05. The predicted molar refractivity (Wildman–Crippen MR) is 79.4 cm³/mol. The molecule has 0 radical (unpaired) electrons. The van der Waals surface area contributed by atoms with Gasteiger partial charge in [-0.1, -0.05) is 13.8 Å². The number of amides is 2. The summed E-state index contributed by atoms with van der Waals surface area (Å²) < 4.78 is 0. The van der Waals surface area contributed by atoms with Gasteiger partial charge >= 0.3 is 13.1 Å². The van der Waals surface area contributed by atoms with E-state index in [0.29, 0.717) is 6.42 Å². The van der Waals surface area contributed by atoms with Gasteiger partial charge in [0.1, 0.15) is 12.1 Å². The molecular weight excluding hydrogens is 293 g/mol. The smallest absolute Gasteiger partial charge is 0.472 e. The molecule has 0 rings (SSSR count). The Bertz CT molecular complexity index is 391. The van der Waals surface area contributed by atoms with Crippen LogP contribution in [0.5, 0.6) is 0 Å². The van der Waals surface area contributed by atoms with E-state index in [2.05, 4.69) is 10.6 Å². The van der Waals surface area contributed by atoms with Gasteiger partial charge in [-0.05, 0) is 18.8 Å². The van der Waals surface area contributed by atoms with Crippen LogP contribution in [-0.2, 0) is 14.4 Å². The summed E-state index contributed by atoms with van der Waals surface area (Å²) in [6, 6.07) is -1.96. The van der Waals surface area contributed by atoms with Gasteiger partial charge < -0.3 is 31.5 Å². The van der Waals surface area contributed by atoms with E-state index in [9.17, 15) is 14.4 Å². The molecule has 0 aliphatic heterocycles. The molecule has 126 valence electrons. The van der Waals surface area contributed by atoms with Crippen LogP contribution in [0, 0.1) is 5.92 Å². The van der Waals surface area contributed by atoms with Gasteiger partial charge in [-0.25, -0.2) is 0 Å². The van der Waals surface area contributed by atoms with Crippen molar-refractivity contribution < 1.29 is 29.5 Å². The quantitative estimate of drug-likeness (QED) is 0.250. The molecule has 9 nitrogen and oxygen atoms in total. The van der Waals surface area contributed by atoms with Crippen molar-refractivity contribution in [1.29, 1.82) is 0 Å². The second-order valence-corrected chi connectivity index (χ2v) is 5.46. The molecule has 0 aromatic rings. The third-order valence-corrected chi connectivity index (χ3v) is 2.82. The summed E-state index contributed by atoms with van der Waals surface area (Å²) >= 11 is 0. The van der Waals surface area contributed by atoms with Gasteiger partial charge in [0.25, 0.3) is 0 Å². The van der Waals surface area contributed by atoms with E-state index in [1.807, 2.05) is 13.8 Å². The zero-order valence-corrected chi connectivity index (χ0v) is 12.8. The fourth-order valence-corrected chi connectivity index (χ4v) is 1.69. The number of hydrogen-bond acceptors (Lipinski definition) is 6. The Labute approximate surface area is 129 Å². The molecule has 0 unspecified atom stereocenters. The molecule has 7 N–H and O–H groups in total. The number of rotatable bonds is 10. The Balaban J connectivity index is 4.47. The number of carboxylic acid groups (broad SMARTS) is 1. The van der Waals surface area contributed by atoms with Crippen molar-refractivity contribution in [2.24, 2.45) is 11.7 Å². The third-order valence-electron chi connectivity index (χ3n) is 2.82. The van der Waals surface area contributed by atoms with Crippen LogP contribution in [0.25, 0.3) is 0 Å². The highest BCUT2D eigenvalue weighted by Crippen LogP contribution is 2.06. The van der Waals surface area contributed by atoms with Crippen molar-refractivity contribution in [2.45, 2.75) is 45.2 Å². The van der Waals surface area contributed by atoms with Crippen LogP contribution < -0.4 is 16.4 Å². The molecule has 0 aromatic heterocycles. The molecule has 0 aliphatic rings. The molecule has 2 atom stereocenters. The van der Waals surface area contributed by atoms with Gasteiger partial charge in [-0.15, -0.1) is 0 Å². The Hall–Kier alpha value is -1.65. The Morgan fingerprint density at radius 3 is 2.27 bits per heavy atom. The van der Waals surface area contributed by atoms with Crippen LogP contribution in [0.3, 0.4) is 0 Å². The lowest BCUT2D eigenvalue weighted by Gasteiger charge is -2.20. The lowest BCUT2D eigenvalue weighted by Crippen LogP contribution is -2.49. The molecule has 0 saturated heterocycles. The van der Waals surface area contributed by atoms with E-state index in [-0.39, 0.29) is 25.2 Å². The zero-order valence-electron chi connectivity index (χ0n) is 12.8. The van der Waals surface area contributed by atoms with E-state index in [4.69, 9.17) is 20.9 Å². The number of aliphatic carboxylic acids is 1. The molecule has 0 spiro atoms. The zero-order chi connectivity index (χ0) is 17.3. The minimum Gasteiger partial charge on any atom is -0.480 e. The number of hydrogen-bond donors (Lipinski definition) is 6. The van der Waals surface area contributed by atoms with Gasteiger partial charge in [-0.3, -0.25) is 14.4 Å². The summed E-state index contributed by atoms with van der Waals surface area (Å²) in [5.41, 5.74) is 5.30. The van der Waals surface area contributed by atoms with E-state index in [1.54, 1.807) is 0 Å². The van der Waals surface area contributed by atoms with Crippen LogP contribution in [0.15, 0.2) is 0 Å². The van der Waals surface area contributed by atoms with E-state index < -0.39 is 37.0 Å². The monoisotopic (exact) mass is 317 g/mol. The second-order valence-electron chi connectivity index (χ2n) is 5.46. The van der Waals surface area contributed by atoms with Crippen LogP contribution in [0.4, 0.5) is 0 Å².